The van der Waals surface area contributed by atoms with E-state index in [9.17, 15) is 45.0 Å². The second kappa shape index (κ2) is 32.6. The average molecular weight is 1200 g/mol. The third-order valence-corrected chi connectivity index (χ3v) is 14.0. The van der Waals surface area contributed by atoms with Crippen LogP contribution < -0.4 is 16.0 Å². The van der Waals surface area contributed by atoms with Gasteiger partial charge in [-0.15, -0.1) is 0 Å². The van der Waals surface area contributed by atoms with E-state index in [0.717, 1.165) is 50.1 Å². The van der Waals surface area contributed by atoms with E-state index in [1.807, 2.05) is 109 Å². The van der Waals surface area contributed by atoms with Crippen molar-refractivity contribution in [3.63, 3.8) is 0 Å². The van der Waals surface area contributed by atoms with E-state index in [-0.39, 0.29) is 23.6 Å². The van der Waals surface area contributed by atoms with Crippen molar-refractivity contribution in [2.75, 3.05) is 0 Å². The highest BCUT2D eigenvalue weighted by molar-refractivity contribution is 6.36. The highest BCUT2D eigenvalue weighted by Gasteiger charge is 2.28. The molecule has 0 aliphatic rings. The van der Waals surface area contributed by atoms with Crippen LogP contribution in [0.2, 0.25) is 30.1 Å². The number of aliphatic hydroxyl groups excluding tert-OH is 6. The minimum atomic E-state index is -1.06. The maximum Gasteiger partial charge on any atom is 0.222 e. The summed E-state index contributed by atoms with van der Waals surface area (Å²) in [5.41, 5.74) is 8.41. The van der Waals surface area contributed by atoms with Gasteiger partial charge in [0.2, 0.25) is 17.7 Å². The molecule has 0 aromatic heterocycles. The van der Waals surface area contributed by atoms with E-state index in [1.54, 1.807) is 45.9 Å². The lowest BCUT2D eigenvalue weighted by molar-refractivity contribution is -0.126. The molecular formula is C61H71Cl6N3O9. The third kappa shape index (κ3) is 22.2. The van der Waals surface area contributed by atoms with Crippen LogP contribution in [0.15, 0.2) is 127 Å². The second-order valence-electron chi connectivity index (χ2n) is 19.7. The van der Waals surface area contributed by atoms with E-state index < -0.39 is 54.7 Å². The number of hydrogen-bond acceptors (Lipinski definition) is 9. The number of nitrogens with one attached hydrogen (secondary N) is 3. The van der Waals surface area contributed by atoms with Gasteiger partial charge in [0.25, 0.3) is 0 Å². The summed E-state index contributed by atoms with van der Waals surface area (Å²) in [4.78, 5) is 35.5. The Bertz CT molecular complexity index is 2700. The van der Waals surface area contributed by atoms with Gasteiger partial charge in [-0.05, 0) is 145 Å². The topological polar surface area (TPSA) is 209 Å². The average Bonchev–Trinajstić information content (AvgIpc) is 3.39. The molecule has 6 aromatic carbocycles. The molecule has 0 heterocycles. The number of hydrogen-bond donors (Lipinski definition) is 9. The van der Waals surface area contributed by atoms with E-state index in [0.29, 0.717) is 62.2 Å². The number of amides is 3. The van der Waals surface area contributed by atoms with Crippen molar-refractivity contribution in [1.82, 2.24) is 16.0 Å². The van der Waals surface area contributed by atoms with Crippen molar-refractivity contribution in [2.45, 2.75) is 135 Å². The smallest absolute Gasteiger partial charge is 0.222 e. The van der Waals surface area contributed by atoms with Crippen molar-refractivity contribution in [1.29, 1.82) is 0 Å². The van der Waals surface area contributed by atoms with Crippen LogP contribution in [-0.4, -0.2) is 103 Å². The molecule has 79 heavy (non-hydrogen) atoms. The lowest BCUT2D eigenvalue weighted by atomic mass is 9.96. The Hall–Kier alpha value is -4.77. The Labute approximate surface area is 494 Å². The molecule has 0 radical (unpaired) electrons. The number of rotatable bonds is 21. The van der Waals surface area contributed by atoms with Crippen LogP contribution in [0.4, 0.5) is 0 Å². The summed E-state index contributed by atoms with van der Waals surface area (Å²) in [5, 5.41) is 71.5. The van der Waals surface area contributed by atoms with Crippen LogP contribution in [0.5, 0.6) is 0 Å². The lowest BCUT2D eigenvalue weighted by Crippen LogP contribution is -2.50. The quantitative estimate of drug-likeness (QED) is 0.0335. The van der Waals surface area contributed by atoms with Crippen LogP contribution in [0.1, 0.15) is 78.0 Å². The number of carbonyl (C=O) groups is 3. The zero-order valence-electron chi connectivity index (χ0n) is 45.1. The van der Waals surface area contributed by atoms with E-state index in [2.05, 4.69) is 16.0 Å². The maximum atomic E-state index is 12.0. The van der Waals surface area contributed by atoms with Gasteiger partial charge in [-0.3, -0.25) is 14.4 Å². The first kappa shape index (κ1) is 66.7. The zero-order chi connectivity index (χ0) is 58.7. The molecule has 6 aromatic rings. The molecule has 9 atom stereocenters. The number of aliphatic hydroxyl groups is 6. The second-order valence-corrected chi connectivity index (χ2v) is 22.3. The van der Waals surface area contributed by atoms with Crippen molar-refractivity contribution in [3.05, 3.63) is 174 Å². The first-order chi connectivity index (χ1) is 37.3. The first-order valence-electron chi connectivity index (χ1n) is 25.9. The molecule has 0 saturated heterocycles. The van der Waals surface area contributed by atoms with Gasteiger partial charge in [-0.25, -0.2) is 0 Å². The molecule has 9 unspecified atom stereocenters. The van der Waals surface area contributed by atoms with Gasteiger partial charge in [0, 0.05) is 48.9 Å². The molecule has 9 N–H and O–H groups in total. The Morgan fingerprint density at radius 1 is 0.367 bits per heavy atom. The monoisotopic (exact) mass is 1200 g/mol. The summed E-state index contributed by atoms with van der Waals surface area (Å²) in [6.45, 7) is 11.6. The molecule has 12 nitrogen and oxygen atoms in total. The fourth-order valence-electron chi connectivity index (χ4n) is 8.17. The molecule has 426 valence electrons. The van der Waals surface area contributed by atoms with Gasteiger partial charge in [0.1, 0.15) is 18.3 Å². The summed E-state index contributed by atoms with van der Waals surface area (Å²) < 4.78 is 0. The summed E-state index contributed by atoms with van der Waals surface area (Å²) in [6.07, 6.45) is -4.11. The molecule has 0 bridgehead atoms. The Balaban J connectivity index is 0.000000255. The third-order valence-electron chi connectivity index (χ3n) is 12.7. The Kier molecular flexibility index (Phi) is 27.6. The fraction of sp³-hybridized carbons (Fsp3) is 0.361. The molecule has 0 saturated carbocycles. The van der Waals surface area contributed by atoms with Crippen LogP contribution >= 0.6 is 69.6 Å². The number of carbonyl (C=O) groups excluding carboxylic acids is 3. The molecule has 18 heteroatoms. The fourth-order valence-corrected chi connectivity index (χ4v) is 9.75. The standard InChI is InChI=1S/C21H25Cl2NO3.2C20H23Cl2NO3/c1-12(2)21(27)24-19(20(26)13(3)25)8-14-4-6-15(7-5-14)16-9-17(22)11-18(23)10-16;2*1-3-19(25)23-18(20(26)12(2)24)8-13-4-6-14(7-5-13)15-9-16(21)11-17(22)10-15/h4-7,9-13,19-20,25-26H,8H2,1-3H3,(H,24,27);2*4-7,9-12,18,20,24,26H,3,8H2,1-2H3,(H,23,25). The Morgan fingerprint density at radius 2 is 0.595 bits per heavy atom. The molecule has 3 amide bonds. The van der Waals surface area contributed by atoms with Gasteiger partial charge in [0.05, 0.1) is 36.4 Å². The summed E-state index contributed by atoms with van der Waals surface area (Å²) in [6, 6.07) is 37.5. The highest BCUT2D eigenvalue weighted by Crippen LogP contribution is 2.31. The van der Waals surface area contributed by atoms with Crippen LogP contribution in [-0.2, 0) is 33.6 Å². The van der Waals surface area contributed by atoms with E-state index in [1.165, 1.54) is 20.8 Å². The molecular weight excluding hydrogens is 1130 g/mol. The van der Waals surface area contributed by atoms with Crippen molar-refractivity contribution in [2.24, 2.45) is 5.92 Å². The van der Waals surface area contributed by atoms with Crippen molar-refractivity contribution >= 4 is 87.3 Å². The van der Waals surface area contributed by atoms with Gasteiger partial charge < -0.3 is 46.6 Å². The summed E-state index contributed by atoms with van der Waals surface area (Å²) in [5.74, 6) is -0.701. The molecule has 6 rings (SSSR count). The highest BCUT2D eigenvalue weighted by atomic mass is 35.5. The lowest BCUT2D eigenvalue weighted by Gasteiger charge is -2.27. The summed E-state index contributed by atoms with van der Waals surface area (Å²) in [7, 11) is 0. The SMILES string of the molecule is CC(C)C(=O)NC(Cc1ccc(-c2cc(Cl)cc(Cl)c2)cc1)C(O)C(C)O.CCC(=O)NC(Cc1ccc(-c2cc(Cl)cc(Cl)c2)cc1)C(O)C(C)O.CCC(=O)NC(Cc1ccc(-c2cc(Cl)cc(Cl)c2)cc1)C(O)C(C)O. The van der Waals surface area contributed by atoms with Crippen molar-refractivity contribution < 1.29 is 45.0 Å². The summed E-state index contributed by atoms with van der Waals surface area (Å²) >= 11 is 36.3. The largest absolute Gasteiger partial charge is 0.391 e. The molecule has 0 spiro atoms. The van der Waals surface area contributed by atoms with Crippen LogP contribution in [0.3, 0.4) is 0 Å². The van der Waals surface area contributed by atoms with Crippen LogP contribution in [0.25, 0.3) is 33.4 Å². The van der Waals surface area contributed by atoms with Gasteiger partial charge in [-0.2, -0.15) is 0 Å². The minimum absolute atomic E-state index is 0.162. The Morgan fingerprint density at radius 3 is 0.797 bits per heavy atom. The minimum Gasteiger partial charge on any atom is -0.391 e. The van der Waals surface area contributed by atoms with Gasteiger partial charge >= 0.3 is 0 Å². The van der Waals surface area contributed by atoms with E-state index >= 15 is 0 Å². The molecule has 0 aliphatic heterocycles. The van der Waals surface area contributed by atoms with Crippen LogP contribution in [0, 0.1) is 5.92 Å². The normalized spacial score (nSPS) is 14.6. The van der Waals surface area contributed by atoms with Gasteiger partial charge in [-0.1, -0.05) is 170 Å². The maximum absolute atomic E-state index is 12.0. The first-order valence-corrected chi connectivity index (χ1v) is 28.2. The van der Waals surface area contributed by atoms with E-state index in [4.69, 9.17) is 69.6 Å². The number of halogens is 6. The predicted molar refractivity (Wildman–Crippen MR) is 321 cm³/mol. The zero-order valence-corrected chi connectivity index (χ0v) is 49.6. The molecule has 0 aliphatic carbocycles. The number of benzene rings is 6. The van der Waals surface area contributed by atoms with Crippen molar-refractivity contribution in [3.8, 4) is 33.4 Å². The predicted octanol–water partition coefficient (Wildman–Crippen LogP) is 11.8. The van der Waals surface area contributed by atoms with Gasteiger partial charge in [0.15, 0.2) is 0 Å². The molecule has 0 fully saturated rings.